The molecular formula is C11H23NO. The summed E-state index contributed by atoms with van der Waals surface area (Å²) < 4.78 is 0. The van der Waals surface area contributed by atoms with Crippen LogP contribution in [0.2, 0.25) is 0 Å². The molecule has 2 heteroatoms. The van der Waals surface area contributed by atoms with Crippen molar-refractivity contribution in [3.63, 3.8) is 0 Å². The van der Waals surface area contributed by atoms with Gasteiger partial charge in [-0.2, -0.15) is 0 Å². The first kappa shape index (κ1) is 11.0. The van der Waals surface area contributed by atoms with Gasteiger partial charge >= 0.3 is 0 Å². The molecule has 0 saturated heterocycles. The molecule has 0 spiro atoms. The normalized spacial score (nSPS) is 24.2. The highest BCUT2D eigenvalue weighted by Crippen LogP contribution is 2.34. The third-order valence-corrected chi connectivity index (χ3v) is 3.37. The SMILES string of the molecule is CNCCC(C)(O)C1CCCCC1. The van der Waals surface area contributed by atoms with Crippen LogP contribution < -0.4 is 5.32 Å². The van der Waals surface area contributed by atoms with Gasteiger partial charge in [0.15, 0.2) is 0 Å². The average Bonchev–Trinajstić information content (AvgIpc) is 2.16. The quantitative estimate of drug-likeness (QED) is 0.701. The first-order valence-electron chi connectivity index (χ1n) is 5.54. The lowest BCUT2D eigenvalue weighted by atomic mass is 9.76. The molecule has 1 fully saturated rings. The molecule has 2 nitrogen and oxygen atoms in total. The molecule has 0 aromatic carbocycles. The van der Waals surface area contributed by atoms with Crippen molar-refractivity contribution in [2.24, 2.45) is 5.92 Å². The van der Waals surface area contributed by atoms with E-state index < -0.39 is 5.60 Å². The third kappa shape index (κ3) is 3.28. The van der Waals surface area contributed by atoms with E-state index in [0.29, 0.717) is 5.92 Å². The number of aliphatic hydroxyl groups is 1. The summed E-state index contributed by atoms with van der Waals surface area (Å²) in [6.07, 6.45) is 7.29. The van der Waals surface area contributed by atoms with Crippen LogP contribution in [0, 0.1) is 5.92 Å². The second-order valence-corrected chi connectivity index (χ2v) is 4.55. The Balaban J connectivity index is 2.36. The number of rotatable bonds is 4. The van der Waals surface area contributed by atoms with Gasteiger partial charge in [-0.25, -0.2) is 0 Å². The topological polar surface area (TPSA) is 32.3 Å². The van der Waals surface area contributed by atoms with Crippen molar-refractivity contribution in [1.29, 1.82) is 0 Å². The monoisotopic (exact) mass is 185 g/mol. The van der Waals surface area contributed by atoms with Crippen LogP contribution in [0.3, 0.4) is 0 Å². The third-order valence-electron chi connectivity index (χ3n) is 3.37. The lowest BCUT2D eigenvalue weighted by molar-refractivity contribution is -0.0226. The maximum atomic E-state index is 10.2. The van der Waals surface area contributed by atoms with Crippen molar-refractivity contribution in [2.45, 2.75) is 51.0 Å². The van der Waals surface area contributed by atoms with E-state index in [0.717, 1.165) is 13.0 Å². The van der Waals surface area contributed by atoms with Gasteiger partial charge < -0.3 is 10.4 Å². The second kappa shape index (κ2) is 4.97. The van der Waals surface area contributed by atoms with Gasteiger partial charge in [-0.15, -0.1) is 0 Å². The van der Waals surface area contributed by atoms with Gasteiger partial charge in [-0.05, 0) is 45.7 Å². The van der Waals surface area contributed by atoms with Crippen molar-refractivity contribution in [1.82, 2.24) is 5.32 Å². The summed E-state index contributed by atoms with van der Waals surface area (Å²) in [6.45, 7) is 2.92. The standard InChI is InChI=1S/C11H23NO/c1-11(13,8-9-12-2)10-6-4-3-5-7-10/h10,12-13H,3-9H2,1-2H3. The molecule has 0 aromatic heterocycles. The van der Waals surface area contributed by atoms with Crippen LogP contribution in [0.5, 0.6) is 0 Å². The predicted molar refractivity (Wildman–Crippen MR) is 55.7 cm³/mol. The second-order valence-electron chi connectivity index (χ2n) is 4.55. The minimum atomic E-state index is -0.441. The summed E-state index contributed by atoms with van der Waals surface area (Å²) >= 11 is 0. The number of nitrogens with one attached hydrogen (secondary N) is 1. The predicted octanol–water partition coefficient (Wildman–Crippen LogP) is 1.93. The van der Waals surface area contributed by atoms with Gasteiger partial charge in [-0.3, -0.25) is 0 Å². The Kier molecular flexibility index (Phi) is 4.20. The van der Waals surface area contributed by atoms with E-state index in [9.17, 15) is 5.11 Å². The van der Waals surface area contributed by atoms with Crippen LogP contribution in [0.1, 0.15) is 45.4 Å². The molecule has 2 N–H and O–H groups in total. The van der Waals surface area contributed by atoms with E-state index >= 15 is 0 Å². The first-order chi connectivity index (χ1) is 6.17. The van der Waals surface area contributed by atoms with Crippen molar-refractivity contribution in [3.05, 3.63) is 0 Å². The van der Waals surface area contributed by atoms with E-state index in [1.807, 2.05) is 14.0 Å². The molecule has 0 amide bonds. The number of hydrogen-bond acceptors (Lipinski definition) is 2. The van der Waals surface area contributed by atoms with Gasteiger partial charge in [0.2, 0.25) is 0 Å². The molecule has 0 bridgehead atoms. The van der Waals surface area contributed by atoms with E-state index in [2.05, 4.69) is 5.32 Å². The fourth-order valence-corrected chi connectivity index (χ4v) is 2.31. The van der Waals surface area contributed by atoms with Gasteiger partial charge in [0.05, 0.1) is 5.60 Å². The summed E-state index contributed by atoms with van der Waals surface area (Å²) in [5.41, 5.74) is -0.441. The zero-order chi connectivity index (χ0) is 9.73. The lowest BCUT2D eigenvalue weighted by Gasteiger charge is -2.35. The Labute approximate surface area is 81.7 Å². The van der Waals surface area contributed by atoms with Gasteiger partial charge in [0.1, 0.15) is 0 Å². The van der Waals surface area contributed by atoms with Crippen molar-refractivity contribution in [3.8, 4) is 0 Å². The fraction of sp³-hybridized carbons (Fsp3) is 1.00. The molecule has 1 rings (SSSR count). The Morgan fingerprint density at radius 2 is 1.92 bits per heavy atom. The molecule has 1 aliphatic rings. The minimum absolute atomic E-state index is 0.441. The summed E-state index contributed by atoms with van der Waals surface area (Å²) in [4.78, 5) is 0. The summed E-state index contributed by atoms with van der Waals surface area (Å²) in [6, 6.07) is 0. The van der Waals surface area contributed by atoms with Crippen LogP contribution in [0.15, 0.2) is 0 Å². The minimum Gasteiger partial charge on any atom is -0.390 e. The molecule has 0 radical (unpaired) electrons. The molecule has 78 valence electrons. The van der Waals surface area contributed by atoms with Crippen LogP contribution in [0.4, 0.5) is 0 Å². The van der Waals surface area contributed by atoms with E-state index in [4.69, 9.17) is 0 Å². The van der Waals surface area contributed by atoms with Crippen LogP contribution >= 0.6 is 0 Å². The van der Waals surface area contributed by atoms with Gasteiger partial charge in [-0.1, -0.05) is 19.3 Å². The molecule has 0 aromatic rings. The molecule has 0 aliphatic heterocycles. The summed E-state index contributed by atoms with van der Waals surface area (Å²) in [5, 5.41) is 13.3. The van der Waals surface area contributed by atoms with E-state index in [1.54, 1.807) is 0 Å². The largest absolute Gasteiger partial charge is 0.390 e. The molecule has 1 saturated carbocycles. The summed E-state index contributed by atoms with van der Waals surface area (Å²) in [5.74, 6) is 0.537. The molecular weight excluding hydrogens is 162 g/mol. The number of hydrogen-bond donors (Lipinski definition) is 2. The zero-order valence-corrected chi connectivity index (χ0v) is 8.97. The Hall–Kier alpha value is -0.0800. The van der Waals surface area contributed by atoms with Gasteiger partial charge in [0, 0.05) is 0 Å². The summed E-state index contributed by atoms with van der Waals surface area (Å²) in [7, 11) is 1.94. The van der Waals surface area contributed by atoms with Crippen molar-refractivity contribution < 1.29 is 5.11 Å². The molecule has 1 atom stereocenters. The highest BCUT2D eigenvalue weighted by Gasteiger charge is 2.31. The van der Waals surface area contributed by atoms with Crippen molar-refractivity contribution >= 4 is 0 Å². The maximum Gasteiger partial charge on any atom is 0.0659 e. The fourth-order valence-electron chi connectivity index (χ4n) is 2.31. The maximum absolute atomic E-state index is 10.2. The average molecular weight is 185 g/mol. The van der Waals surface area contributed by atoms with Crippen LogP contribution in [-0.4, -0.2) is 24.3 Å². The van der Waals surface area contributed by atoms with Crippen molar-refractivity contribution in [2.75, 3.05) is 13.6 Å². The van der Waals surface area contributed by atoms with Crippen LogP contribution in [0.25, 0.3) is 0 Å². The smallest absolute Gasteiger partial charge is 0.0659 e. The first-order valence-corrected chi connectivity index (χ1v) is 5.54. The highest BCUT2D eigenvalue weighted by molar-refractivity contribution is 4.84. The Morgan fingerprint density at radius 3 is 2.46 bits per heavy atom. The zero-order valence-electron chi connectivity index (χ0n) is 8.97. The lowest BCUT2D eigenvalue weighted by Crippen LogP contribution is -2.38. The van der Waals surface area contributed by atoms with Crippen LogP contribution in [-0.2, 0) is 0 Å². The highest BCUT2D eigenvalue weighted by atomic mass is 16.3. The van der Waals surface area contributed by atoms with E-state index in [1.165, 1.54) is 32.1 Å². The molecule has 1 unspecified atom stereocenters. The Bertz CT molecular complexity index is 139. The molecule has 0 heterocycles. The molecule has 1 aliphatic carbocycles. The van der Waals surface area contributed by atoms with Gasteiger partial charge in [0.25, 0.3) is 0 Å². The van der Waals surface area contributed by atoms with E-state index in [-0.39, 0.29) is 0 Å². The molecule has 13 heavy (non-hydrogen) atoms. The Morgan fingerprint density at radius 1 is 1.31 bits per heavy atom.